The van der Waals surface area contributed by atoms with Crippen LogP contribution in [0.5, 0.6) is 5.75 Å². The van der Waals surface area contributed by atoms with E-state index in [4.69, 9.17) is 15.0 Å². The molecule has 94 valence electrons. The van der Waals surface area contributed by atoms with Crippen LogP contribution in [0.1, 0.15) is 31.0 Å². The molecule has 0 bridgehead atoms. The van der Waals surface area contributed by atoms with Crippen molar-refractivity contribution in [3.63, 3.8) is 0 Å². The molecule has 0 aliphatic heterocycles. The highest BCUT2D eigenvalue weighted by Gasteiger charge is 2.25. The van der Waals surface area contributed by atoms with Gasteiger partial charge < -0.3 is 15.0 Å². The van der Waals surface area contributed by atoms with Crippen LogP contribution in [-0.4, -0.2) is 17.3 Å². The van der Waals surface area contributed by atoms with Crippen LogP contribution in [0.25, 0.3) is 11.5 Å². The highest BCUT2D eigenvalue weighted by molar-refractivity contribution is 5.71. The molecule has 1 fully saturated rings. The molecule has 0 spiro atoms. The summed E-state index contributed by atoms with van der Waals surface area (Å²) >= 11 is 0. The van der Waals surface area contributed by atoms with Crippen molar-refractivity contribution in [3.8, 4) is 17.2 Å². The Balaban J connectivity index is 1.91. The van der Waals surface area contributed by atoms with Crippen molar-refractivity contribution in [2.45, 2.75) is 25.2 Å². The molecule has 0 atom stereocenters. The minimum Gasteiger partial charge on any atom is -0.497 e. The molecule has 1 aliphatic carbocycles. The van der Waals surface area contributed by atoms with Crippen molar-refractivity contribution >= 4 is 5.69 Å². The third-order valence-electron chi connectivity index (χ3n) is 3.40. The Kier molecular flexibility index (Phi) is 2.66. The van der Waals surface area contributed by atoms with Gasteiger partial charge >= 0.3 is 0 Å². The van der Waals surface area contributed by atoms with Gasteiger partial charge in [-0.05, 0) is 25.0 Å². The second kappa shape index (κ2) is 4.33. The van der Waals surface area contributed by atoms with Crippen LogP contribution >= 0.6 is 0 Å². The molecule has 18 heavy (non-hydrogen) atoms. The summed E-state index contributed by atoms with van der Waals surface area (Å²) in [6, 6.07) is 5.42. The SMILES string of the molecule is COc1ccc(-c2nc(C3CCC3)no2)c(N)c1. The monoisotopic (exact) mass is 245 g/mol. The van der Waals surface area contributed by atoms with Gasteiger partial charge in [0.05, 0.1) is 12.7 Å². The average Bonchev–Trinajstić information content (AvgIpc) is 2.75. The number of nitrogens with zero attached hydrogens (tertiary/aromatic N) is 2. The first kappa shape index (κ1) is 11.1. The molecule has 1 aromatic heterocycles. The summed E-state index contributed by atoms with van der Waals surface area (Å²) < 4.78 is 10.4. The summed E-state index contributed by atoms with van der Waals surface area (Å²) in [5.74, 6) is 2.46. The molecule has 0 radical (unpaired) electrons. The fourth-order valence-electron chi connectivity index (χ4n) is 2.04. The Labute approximate surface area is 105 Å². The van der Waals surface area contributed by atoms with Gasteiger partial charge in [0.15, 0.2) is 5.82 Å². The van der Waals surface area contributed by atoms with Crippen LogP contribution in [0.2, 0.25) is 0 Å². The number of anilines is 1. The Morgan fingerprint density at radius 3 is 2.83 bits per heavy atom. The van der Waals surface area contributed by atoms with E-state index in [1.165, 1.54) is 6.42 Å². The van der Waals surface area contributed by atoms with Gasteiger partial charge in [0.1, 0.15) is 5.75 Å². The Morgan fingerprint density at radius 1 is 1.39 bits per heavy atom. The number of hydrogen-bond acceptors (Lipinski definition) is 5. The molecule has 1 saturated carbocycles. The van der Waals surface area contributed by atoms with Gasteiger partial charge in [0.2, 0.25) is 0 Å². The van der Waals surface area contributed by atoms with E-state index in [0.29, 0.717) is 17.5 Å². The molecule has 1 aromatic carbocycles. The van der Waals surface area contributed by atoms with Crippen LogP contribution in [0.4, 0.5) is 5.69 Å². The quantitative estimate of drug-likeness (QED) is 0.841. The summed E-state index contributed by atoms with van der Waals surface area (Å²) in [5, 5.41) is 4.03. The third-order valence-corrected chi connectivity index (χ3v) is 3.40. The van der Waals surface area contributed by atoms with E-state index >= 15 is 0 Å². The standard InChI is InChI=1S/C13H15N3O2/c1-17-9-5-6-10(11(14)7-9)13-15-12(16-18-13)8-3-2-4-8/h5-8H,2-4,14H2,1H3. The zero-order chi connectivity index (χ0) is 12.5. The molecule has 1 heterocycles. The minimum absolute atomic E-state index is 0.460. The van der Waals surface area contributed by atoms with E-state index in [9.17, 15) is 0 Å². The van der Waals surface area contributed by atoms with E-state index in [1.807, 2.05) is 12.1 Å². The van der Waals surface area contributed by atoms with Crippen LogP contribution in [0, 0.1) is 0 Å². The summed E-state index contributed by atoms with van der Waals surface area (Å²) in [7, 11) is 1.61. The van der Waals surface area contributed by atoms with Gasteiger partial charge in [-0.15, -0.1) is 0 Å². The predicted molar refractivity (Wildman–Crippen MR) is 67.3 cm³/mol. The smallest absolute Gasteiger partial charge is 0.260 e. The highest BCUT2D eigenvalue weighted by atomic mass is 16.5. The van der Waals surface area contributed by atoms with Gasteiger partial charge in [-0.1, -0.05) is 11.6 Å². The zero-order valence-electron chi connectivity index (χ0n) is 10.2. The Hall–Kier alpha value is -2.04. The zero-order valence-corrected chi connectivity index (χ0v) is 10.2. The second-order valence-corrected chi connectivity index (χ2v) is 4.54. The normalized spacial score (nSPS) is 15.4. The highest BCUT2D eigenvalue weighted by Crippen LogP contribution is 2.36. The number of nitrogen functional groups attached to an aromatic ring is 1. The van der Waals surface area contributed by atoms with E-state index in [2.05, 4.69) is 10.1 Å². The molecule has 5 nitrogen and oxygen atoms in total. The number of benzene rings is 1. The fraction of sp³-hybridized carbons (Fsp3) is 0.385. The molecule has 3 rings (SSSR count). The average molecular weight is 245 g/mol. The molecule has 2 N–H and O–H groups in total. The molecule has 5 heteroatoms. The Morgan fingerprint density at radius 2 is 2.22 bits per heavy atom. The van der Waals surface area contributed by atoms with Crippen molar-refractivity contribution in [3.05, 3.63) is 24.0 Å². The maximum absolute atomic E-state index is 5.95. The number of nitrogens with two attached hydrogens (primary N) is 1. The summed E-state index contributed by atoms with van der Waals surface area (Å²) in [5.41, 5.74) is 7.29. The van der Waals surface area contributed by atoms with E-state index in [-0.39, 0.29) is 0 Å². The summed E-state index contributed by atoms with van der Waals surface area (Å²) in [4.78, 5) is 4.42. The van der Waals surface area contributed by atoms with E-state index < -0.39 is 0 Å². The first-order valence-electron chi connectivity index (χ1n) is 6.05. The van der Waals surface area contributed by atoms with Gasteiger partial charge in [-0.25, -0.2) is 0 Å². The van der Waals surface area contributed by atoms with Gasteiger partial charge in [-0.3, -0.25) is 0 Å². The number of ether oxygens (including phenoxy) is 1. The van der Waals surface area contributed by atoms with Crippen LogP contribution < -0.4 is 10.5 Å². The van der Waals surface area contributed by atoms with Crippen LogP contribution in [-0.2, 0) is 0 Å². The summed E-state index contributed by atoms with van der Waals surface area (Å²) in [6.07, 6.45) is 3.55. The number of rotatable bonds is 3. The van der Waals surface area contributed by atoms with Gasteiger partial charge in [0, 0.05) is 17.7 Å². The van der Waals surface area contributed by atoms with Gasteiger partial charge in [-0.2, -0.15) is 4.98 Å². The topological polar surface area (TPSA) is 74.2 Å². The predicted octanol–water partition coefficient (Wildman–Crippen LogP) is 2.59. The maximum atomic E-state index is 5.95. The second-order valence-electron chi connectivity index (χ2n) is 4.54. The number of hydrogen-bond donors (Lipinski definition) is 1. The molecule has 2 aromatic rings. The molecule has 1 aliphatic rings. The van der Waals surface area contributed by atoms with Crippen molar-refractivity contribution in [2.24, 2.45) is 0 Å². The number of aromatic nitrogens is 2. The first-order chi connectivity index (χ1) is 8.78. The van der Waals surface area contributed by atoms with Crippen LogP contribution in [0.3, 0.4) is 0 Å². The lowest BCUT2D eigenvalue weighted by atomic mass is 9.85. The molecule has 0 saturated heterocycles. The van der Waals surface area contributed by atoms with Gasteiger partial charge in [0.25, 0.3) is 5.89 Å². The number of methoxy groups -OCH3 is 1. The summed E-state index contributed by atoms with van der Waals surface area (Å²) in [6.45, 7) is 0. The maximum Gasteiger partial charge on any atom is 0.260 e. The third kappa shape index (κ3) is 1.81. The molecular weight excluding hydrogens is 230 g/mol. The Bertz CT molecular complexity index is 561. The lowest BCUT2D eigenvalue weighted by Crippen LogP contribution is -2.10. The van der Waals surface area contributed by atoms with Crippen molar-refractivity contribution in [1.29, 1.82) is 0 Å². The van der Waals surface area contributed by atoms with Crippen LogP contribution in [0.15, 0.2) is 22.7 Å². The van der Waals surface area contributed by atoms with E-state index in [1.54, 1.807) is 13.2 Å². The molecule has 0 amide bonds. The molecular formula is C13H15N3O2. The van der Waals surface area contributed by atoms with E-state index in [0.717, 1.165) is 30.0 Å². The minimum atomic E-state index is 0.460. The lowest BCUT2D eigenvalue weighted by molar-refractivity contribution is 0.366. The largest absolute Gasteiger partial charge is 0.497 e. The van der Waals surface area contributed by atoms with Crippen molar-refractivity contribution < 1.29 is 9.26 Å². The fourth-order valence-corrected chi connectivity index (χ4v) is 2.04. The lowest BCUT2D eigenvalue weighted by Gasteiger charge is -2.20. The van der Waals surface area contributed by atoms with Crippen molar-refractivity contribution in [2.75, 3.05) is 12.8 Å². The first-order valence-corrected chi connectivity index (χ1v) is 6.05. The molecule has 0 unspecified atom stereocenters. The van der Waals surface area contributed by atoms with Crippen molar-refractivity contribution in [1.82, 2.24) is 10.1 Å².